The second kappa shape index (κ2) is 8.80. The topological polar surface area (TPSA) is 64.4 Å². The predicted octanol–water partition coefficient (Wildman–Crippen LogP) is 2.02. The molecule has 1 amide bonds. The van der Waals surface area contributed by atoms with Crippen LogP contribution in [0.3, 0.4) is 0 Å². The van der Waals surface area contributed by atoms with Crippen LogP contribution in [0.1, 0.15) is 37.7 Å². The van der Waals surface area contributed by atoms with E-state index in [0.717, 1.165) is 19.3 Å². The number of nitrogens with two attached hydrogens (primary N) is 1. The molecule has 2 rings (SSSR count). The Labute approximate surface area is 127 Å². The van der Waals surface area contributed by atoms with Gasteiger partial charge in [-0.05, 0) is 31.2 Å². The normalized spacial score (nSPS) is 16.8. The second-order valence-electron chi connectivity index (χ2n) is 5.70. The summed E-state index contributed by atoms with van der Waals surface area (Å²) in [6.45, 7) is 1.14. The molecule has 0 aromatic heterocycles. The van der Waals surface area contributed by atoms with Crippen molar-refractivity contribution < 1.29 is 9.53 Å². The summed E-state index contributed by atoms with van der Waals surface area (Å²) in [6, 6.07) is 9.65. The third-order valence-corrected chi connectivity index (χ3v) is 3.98. The highest BCUT2D eigenvalue weighted by molar-refractivity contribution is 5.81. The second-order valence-corrected chi connectivity index (χ2v) is 5.70. The van der Waals surface area contributed by atoms with E-state index >= 15 is 0 Å². The number of amides is 1. The summed E-state index contributed by atoms with van der Waals surface area (Å²) in [5.41, 5.74) is 7.13. The molecule has 0 spiro atoms. The first kappa shape index (κ1) is 16.0. The van der Waals surface area contributed by atoms with Crippen molar-refractivity contribution in [2.45, 2.75) is 50.7 Å². The molecule has 1 aliphatic rings. The summed E-state index contributed by atoms with van der Waals surface area (Å²) in [4.78, 5) is 11.9. The molecule has 0 heterocycles. The smallest absolute Gasteiger partial charge is 0.237 e. The van der Waals surface area contributed by atoms with Gasteiger partial charge in [-0.1, -0.05) is 43.2 Å². The van der Waals surface area contributed by atoms with E-state index in [1.165, 1.54) is 18.4 Å². The van der Waals surface area contributed by atoms with Crippen molar-refractivity contribution >= 4 is 5.91 Å². The van der Waals surface area contributed by atoms with Gasteiger partial charge in [0.1, 0.15) is 0 Å². The molecule has 0 radical (unpaired) electrons. The zero-order chi connectivity index (χ0) is 14.9. The summed E-state index contributed by atoms with van der Waals surface area (Å²) in [5.74, 6) is -0.0825. The van der Waals surface area contributed by atoms with Gasteiger partial charge in [0.15, 0.2) is 0 Å². The van der Waals surface area contributed by atoms with Crippen molar-refractivity contribution in [1.29, 1.82) is 0 Å². The quantitative estimate of drug-likeness (QED) is 0.720. The Morgan fingerprint density at radius 3 is 2.71 bits per heavy atom. The summed E-state index contributed by atoms with van der Waals surface area (Å²) >= 11 is 0. The van der Waals surface area contributed by atoms with Crippen LogP contribution < -0.4 is 11.1 Å². The predicted molar refractivity (Wildman–Crippen MR) is 84.0 cm³/mol. The molecule has 0 aliphatic heterocycles. The average Bonchev–Trinajstić information content (AvgIpc) is 3.03. The summed E-state index contributed by atoms with van der Waals surface area (Å²) < 4.78 is 5.71. The lowest BCUT2D eigenvalue weighted by Crippen LogP contribution is -2.42. The van der Waals surface area contributed by atoms with E-state index in [-0.39, 0.29) is 5.91 Å². The lowest BCUT2D eigenvalue weighted by molar-refractivity contribution is -0.122. The largest absolute Gasteiger partial charge is 0.376 e. The fraction of sp³-hybridized carbons (Fsp3) is 0.588. The van der Waals surface area contributed by atoms with Crippen molar-refractivity contribution in [3.05, 3.63) is 35.9 Å². The number of ether oxygens (including phenoxy) is 1. The molecule has 1 aliphatic carbocycles. The van der Waals surface area contributed by atoms with E-state index in [0.29, 0.717) is 25.7 Å². The molecule has 1 unspecified atom stereocenters. The Hall–Kier alpha value is -1.39. The van der Waals surface area contributed by atoms with Gasteiger partial charge in [-0.25, -0.2) is 0 Å². The fourth-order valence-electron chi connectivity index (χ4n) is 2.68. The van der Waals surface area contributed by atoms with E-state index in [1.807, 2.05) is 18.2 Å². The minimum absolute atomic E-state index is 0.0825. The summed E-state index contributed by atoms with van der Waals surface area (Å²) in [5, 5.41) is 2.85. The van der Waals surface area contributed by atoms with E-state index in [4.69, 9.17) is 10.5 Å². The number of aryl methyl sites for hydroxylation is 1. The standard InChI is InChI=1S/C17H26N2O2/c18-16(11-10-14-6-2-1-3-7-14)17(20)19-12-13-21-15-8-4-5-9-15/h1-3,6-7,15-16H,4-5,8-13,18H2,(H,19,20). The Bertz CT molecular complexity index is 416. The molecule has 21 heavy (non-hydrogen) atoms. The van der Waals surface area contributed by atoms with Crippen molar-refractivity contribution in [2.75, 3.05) is 13.2 Å². The van der Waals surface area contributed by atoms with Crippen LogP contribution in [0.15, 0.2) is 30.3 Å². The number of hydrogen-bond acceptors (Lipinski definition) is 3. The molecule has 1 fully saturated rings. The van der Waals surface area contributed by atoms with E-state index in [9.17, 15) is 4.79 Å². The maximum absolute atomic E-state index is 11.9. The molecule has 3 N–H and O–H groups in total. The lowest BCUT2D eigenvalue weighted by Gasteiger charge is -2.14. The molecule has 1 aromatic carbocycles. The molecule has 116 valence electrons. The first-order chi connectivity index (χ1) is 10.3. The van der Waals surface area contributed by atoms with Gasteiger partial charge in [-0.3, -0.25) is 4.79 Å². The summed E-state index contributed by atoms with van der Waals surface area (Å²) in [6.07, 6.45) is 6.74. The number of carbonyl (C=O) groups excluding carboxylic acids is 1. The Kier molecular flexibility index (Phi) is 6.70. The van der Waals surface area contributed by atoms with Crippen LogP contribution in [0.4, 0.5) is 0 Å². The number of nitrogens with one attached hydrogen (secondary N) is 1. The van der Waals surface area contributed by atoms with Crippen molar-refractivity contribution in [2.24, 2.45) is 5.73 Å². The van der Waals surface area contributed by atoms with Gasteiger partial charge in [0.25, 0.3) is 0 Å². The third-order valence-electron chi connectivity index (χ3n) is 3.98. The minimum Gasteiger partial charge on any atom is -0.376 e. The van der Waals surface area contributed by atoms with Gasteiger partial charge in [0.2, 0.25) is 5.91 Å². The molecular formula is C17H26N2O2. The molecule has 1 aromatic rings. The molecule has 1 atom stereocenters. The van der Waals surface area contributed by atoms with Crippen molar-refractivity contribution in [3.8, 4) is 0 Å². The highest BCUT2D eigenvalue weighted by Crippen LogP contribution is 2.20. The third kappa shape index (κ3) is 5.86. The highest BCUT2D eigenvalue weighted by Gasteiger charge is 2.16. The minimum atomic E-state index is -0.448. The monoisotopic (exact) mass is 290 g/mol. The fourth-order valence-corrected chi connectivity index (χ4v) is 2.68. The van der Waals surface area contributed by atoms with Crippen LogP contribution in [0.5, 0.6) is 0 Å². The number of hydrogen-bond donors (Lipinski definition) is 2. The maximum atomic E-state index is 11.9. The summed E-state index contributed by atoms with van der Waals surface area (Å²) in [7, 11) is 0. The Balaban J connectivity index is 1.56. The van der Waals surface area contributed by atoms with E-state index in [2.05, 4.69) is 17.4 Å². The van der Waals surface area contributed by atoms with Gasteiger partial charge in [-0.15, -0.1) is 0 Å². The van der Waals surface area contributed by atoms with Gasteiger partial charge in [-0.2, -0.15) is 0 Å². The molecule has 1 saturated carbocycles. The van der Waals surface area contributed by atoms with Gasteiger partial charge in [0, 0.05) is 6.54 Å². The number of benzene rings is 1. The van der Waals surface area contributed by atoms with Crippen LogP contribution in [-0.2, 0) is 16.0 Å². The van der Waals surface area contributed by atoms with Crippen LogP contribution in [0, 0.1) is 0 Å². The van der Waals surface area contributed by atoms with Crippen molar-refractivity contribution in [1.82, 2.24) is 5.32 Å². The van der Waals surface area contributed by atoms with E-state index < -0.39 is 6.04 Å². The molecule has 4 nitrogen and oxygen atoms in total. The van der Waals surface area contributed by atoms with Gasteiger partial charge >= 0.3 is 0 Å². The Morgan fingerprint density at radius 1 is 1.29 bits per heavy atom. The SMILES string of the molecule is NC(CCc1ccccc1)C(=O)NCCOC1CCCC1. The van der Waals surface area contributed by atoms with Crippen LogP contribution in [0.2, 0.25) is 0 Å². The molecular weight excluding hydrogens is 264 g/mol. The average molecular weight is 290 g/mol. The van der Waals surface area contributed by atoms with Gasteiger partial charge < -0.3 is 15.8 Å². The first-order valence-electron chi connectivity index (χ1n) is 7.94. The lowest BCUT2D eigenvalue weighted by atomic mass is 10.1. The zero-order valence-corrected chi connectivity index (χ0v) is 12.6. The number of rotatable bonds is 8. The van der Waals surface area contributed by atoms with E-state index in [1.54, 1.807) is 0 Å². The zero-order valence-electron chi connectivity index (χ0n) is 12.6. The van der Waals surface area contributed by atoms with Crippen LogP contribution in [-0.4, -0.2) is 31.2 Å². The highest BCUT2D eigenvalue weighted by atomic mass is 16.5. The molecule has 4 heteroatoms. The molecule has 0 bridgehead atoms. The van der Waals surface area contributed by atoms with Crippen molar-refractivity contribution in [3.63, 3.8) is 0 Å². The van der Waals surface area contributed by atoms with Gasteiger partial charge in [0.05, 0.1) is 18.8 Å². The Morgan fingerprint density at radius 2 is 2.00 bits per heavy atom. The number of carbonyl (C=O) groups is 1. The molecule has 0 saturated heterocycles. The van der Waals surface area contributed by atoms with Crippen LogP contribution >= 0.6 is 0 Å². The van der Waals surface area contributed by atoms with Crippen LogP contribution in [0.25, 0.3) is 0 Å². The maximum Gasteiger partial charge on any atom is 0.237 e. The first-order valence-corrected chi connectivity index (χ1v) is 7.94.